The lowest BCUT2D eigenvalue weighted by molar-refractivity contribution is 0.482. The second-order valence-electron chi connectivity index (χ2n) is 4.88. The van der Waals surface area contributed by atoms with Crippen LogP contribution in [-0.4, -0.2) is 19.0 Å². The maximum Gasteiger partial charge on any atom is 0.188 e. The van der Waals surface area contributed by atoms with Crippen LogP contribution in [0.5, 0.6) is 0 Å². The van der Waals surface area contributed by atoms with Gasteiger partial charge in [-0.05, 0) is 25.7 Å². The molecular weight excluding hydrogens is 198 g/mol. The molecule has 0 spiro atoms. The third kappa shape index (κ3) is 5.79. The van der Waals surface area contributed by atoms with Gasteiger partial charge in [-0.15, -0.1) is 0 Å². The zero-order valence-electron chi connectivity index (χ0n) is 10.5. The number of aliphatic imine (C=N–C) groups is 1. The third-order valence-corrected chi connectivity index (χ3v) is 3.09. The van der Waals surface area contributed by atoms with Gasteiger partial charge in [0, 0.05) is 6.54 Å². The minimum absolute atomic E-state index is 0.550. The molecule has 0 saturated heterocycles. The van der Waals surface area contributed by atoms with E-state index in [0.717, 1.165) is 18.0 Å². The van der Waals surface area contributed by atoms with Crippen molar-refractivity contribution in [2.24, 2.45) is 16.6 Å². The van der Waals surface area contributed by atoms with E-state index in [2.05, 4.69) is 16.9 Å². The molecule has 0 unspecified atom stereocenters. The highest BCUT2D eigenvalue weighted by Crippen LogP contribution is 2.28. The summed E-state index contributed by atoms with van der Waals surface area (Å²) in [6, 6.07) is 0. The van der Waals surface area contributed by atoms with Crippen LogP contribution in [0.25, 0.3) is 0 Å². The molecule has 1 fully saturated rings. The molecule has 0 heterocycles. The Morgan fingerprint density at radius 3 is 2.75 bits per heavy atom. The van der Waals surface area contributed by atoms with Crippen molar-refractivity contribution >= 4 is 5.96 Å². The number of nitrogens with two attached hydrogens (primary N) is 1. The molecule has 1 saturated carbocycles. The van der Waals surface area contributed by atoms with Crippen molar-refractivity contribution in [3.8, 4) is 0 Å². The zero-order valence-corrected chi connectivity index (χ0v) is 10.5. The van der Waals surface area contributed by atoms with Crippen molar-refractivity contribution in [1.29, 1.82) is 0 Å². The minimum atomic E-state index is 0.550. The predicted molar refractivity (Wildman–Crippen MR) is 70.5 cm³/mol. The molecule has 1 aliphatic carbocycles. The van der Waals surface area contributed by atoms with Crippen LogP contribution in [0.15, 0.2) is 17.1 Å². The average Bonchev–Trinajstić information content (AvgIpc) is 2.74. The molecule has 3 heteroatoms. The van der Waals surface area contributed by atoms with E-state index in [-0.39, 0.29) is 0 Å². The first-order chi connectivity index (χ1) is 7.68. The van der Waals surface area contributed by atoms with Gasteiger partial charge in [-0.1, -0.05) is 37.8 Å². The second kappa shape index (κ2) is 7.31. The molecule has 1 rings (SSSR count). The van der Waals surface area contributed by atoms with E-state index >= 15 is 0 Å². The van der Waals surface area contributed by atoms with Crippen molar-refractivity contribution in [3.63, 3.8) is 0 Å². The van der Waals surface area contributed by atoms with Gasteiger partial charge in [-0.25, -0.2) is 4.99 Å². The quantitative estimate of drug-likeness (QED) is 0.314. The Balaban J connectivity index is 2.01. The largest absolute Gasteiger partial charge is 0.370 e. The first-order valence-electron chi connectivity index (χ1n) is 6.36. The van der Waals surface area contributed by atoms with E-state index in [9.17, 15) is 0 Å². The summed E-state index contributed by atoms with van der Waals surface area (Å²) in [7, 11) is 0. The van der Waals surface area contributed by atoms with Gasteiger partial charge in [-0.2, -0.15) is 0 Å². The van der Waals surface area contributed by atoms with Gasteiger partial charge < -0.3 is 11.1 Å². The van der Waals surface area contributed by atoms with Gasteiger partial charge in [0.1, 0.15) is 0 Å². The minimum Gasteiger partial charge on any atom is -0.370 e. The first kappa shape index (κ1) is 13.1. The summed E-state index contributed by atoms with van der Waals surface area (Å²) >= 11 is 0. The van der Waals surface area contributed by atoms with Gasteiger partial charge in [-0.3, -0.25) is 0 Å². The fourth-order valence-corrected chi connectivity index (χ4v) is 2.18. The van der Waals surface area contributed by atoms with E-state index in [4.69, 9.17) is 5.73 Å². The average molecular weight is 223 g/mol. The summed E-state index contributed by atoms with van der Waals surface area (Å²) in [5.74, 6) is 1.52. The Hall–Kier alpha value is -0.990. The van der Waals surface area contributed by atoms with Crippen LogP contribution in [0.1, 0.15) is 45.4 Å². The maximum atomic E-state index is 5.71. The van der Waals surface area contributed by atoms with E-state index < -0.39 is 0 Å². The Bertz CT molecular complexity index is 240. The van der Waals surface area contributed by atoms with Crippen LogP contribution in [0.4, 0.5) is 0 Å². The second-order valence-corrected chi connectivity index (χ2v) is 4.88. The predicted octanol–water partition coefficient (Wildman–Crippen LogP) is 2.44. The van der Waals surface area contributed by atoms with Crippen LogP contribution in [0.2, 0.25) is 0 Å². The molecule has 0 aromatic rings. The lowest BCUT2D eigenvalue weighted by atomic mass is 10.0. The van der Waals surface area contributed by atoms with Crippen molar-refractivity contribution in [2.75, 3.05) is 13.1 Å². The highest BCUT2D eigenvalue weighted by atomic mass is 15.1. The molecule has 92 valence electrons. The zero-order chi connectivity index (χ0) is 11.8. The summed E-state index contributed by atoms with van der Waals surface area (Å²) in [5, 5.41) is 3.15. The molecule has 0 amide bonds. The fraction of sp³-hybridized carbons (Fsp3) is 0.769. The Kier molecular flexibility index (Phi) is 5.98. The summed E-state index contributed by atoms with van der Waals surface area (Å²) in [6.45, 7) is 7.31. The van der Waals surface area contributed by atoms with Crippen LogP contribution in [-0.2, 0) is 0 Å². The summed E-state index contributed by atoms with van der Waals surface area (Å²) in [4.78, 5) is 4.18. The fourth-order valence-electron chi connectivity index (χ4n) is 2.18. The van der Waals surface area contributed by atoms with Crippen LogP contribution in [0, 0.1) is 5.92 Å². The van der Waals surface area contributed by atoms with Crippen molar-refractivity contribution in [3.05, 3.63) is 12.2 Å². The lowest BCUT2D eigenvalue weighted by Crippen LogP contribution is -2.32. The smallest absolute Gasteiger partial charge is 0.188 e. The van der Waals surface area contributed by atoms with Gasteiger partial charge in [0.15, 0.2) is 5.96 Å². The Morgan fingerprint density at radius 1 is 1.44 bits per heavy atom. The van der Waals surface area contributed by atoms with E-state index in [1.54, 1.807) is 0 Å². The van der Waals surface area contributed by atoms with E-state index in [1.165, 1.54) is 38.5 Å². The van der Waals surface area contributed by atoms with Crippen LogP contribution < -0.4 is 11.1 Å². The van der Waals surface area contributed by atoms with E-state index in [1.807, 2.05) is 6.92 Å². The van der Waals surface area contributed by atoms with Crippen LogP contribution >= 0.6 is 0 Å². The van der Waals surface area contributed by atoms with Crippen molar-refractivity contribution in [1.82, 2.24) is 5.32 Å². The summed E-state index contributed by atoms with van der Waals surface area (Å²) in [5.41, 5.74) is 6.75. The molecule has 3 N–H and O–H groups in total. The maximum absolute atomic E-state index is 5.71. The molecule has 0 radical (unpaired) electrons. The Labute approximate surface area is 99.2 Å². The van der Waals surface area contributed by atoms with E-state index in [0.29, 0.717) is 12.5 Å². The highest BCUT2D eigenvalue weighted by molar-refractivity contribution is 5.77. The SMILES string of the molecule is C=C(C)CN=C(N)NCCCC1CCCC1. The number of nitrogens with zero attached hydrogens (tertiary/aromatic N) is 1. The molecule has 0 aromatic carbocycles. The van der Waals surface area contributed by atoms with Gasteiger partial charge >= 0.3 is 0 Å². The number of rotatable bonds is 6. The standard InChI is InChI=1S/C13H25N3/c1-11(2)10-16-13(14)15-9-5-8-12-6-3-4-7-12/h12H,1,3-10H2,2H3,(H3,14,15,16). The third-order valence-electron chi connectivity index (χ3n) is 3.09. The number of hydrogen-bond donors (Lipinski definition) is 2. The molecule has 16 heavy (non-hydrogen) atoms. The summed E-state index contributed by atoms with van der Waals surface area (Å²) in [6.07, 6.45) is 8.26. The van der Waals surface area contributed by atoms with Gasteiger partial charge in [0.05, 0.1) is 6.54 Å². The molecule has 0 aliphatic heterocycles. The van der Waals surface area contributed by atoms with Gasteiger partial charge in [0.2, 0.25) is 0 Å². The summed E-state index contributed by atoms with van der Waals surface area (Å²) < 4.78 is 0. The van der Waals surface area contributed by atoms with Crippen LogP contribution in [0.3, 0.4) is 0 Å². The topological polar surface area (TPSA) is 50.4 Å². The lowest BCUT2D eigenvalue weighted by Gasteiger charge is -2.09. The number of guanidine groups is 1. The first-order valence-corrected chi connectivity index (χ1v) is 6.36. The van der Waals surface area contributed by atoms with Crippen molar-refractivity contribution < 1.29 is 0 Å². The number of hydrogen-bond acceptors (Lipinski definition) is 1. The monoisotopic (exact) mass is 223 g/mol. The highest BCUT2D eigenvalue weighted by Gasteiger charge is 2.13. The molecule has 0 bridgehead atoms. The van der Waals surface area contributed by atoms with Crippen molar-refractivity contribution in [2.45, 2.75) is 45.4 Å². The number of nitrogens with one attached hydrogen (secondary N) is 1. The van der Waals surface area contributed by atoms with Gasteiger partial charge in [0.25, 0.3) is 0 Å². The Morgan fingerprint density at radius 2 is 2.12 bits per heavy atom. The molecule has 1 aliphatic rings. The molecule has 0 aromatic heterocycles. The molecule has 0 atom stereocenters. The normalized spacial score (nSPS) is 17.7. The molecule has 3 nitrogen and oxygen atoms in total. The molecular formula is C13H25N3.